The number of nitrogens with one attached hydrogen (secondary N) is 2. The van der Waals surface area contributed by atoms with Gasteiger partial charge in [0.25, 0.3) is 0 Å². The Morgan fingerprint density at radius 3 is 2.25 bits per heavy atom. The SMILES string of the molecule is COc1cc(NC(=O)[C@H]2CCCN2C(=O)Nc2ccc(F)cc2)cc(OC)c1. The molecule has 0 spiro atoms. The first-order chi connectivity index (χ1) is 13.5. The molecule has 1 saturated heterocycles. The van der Waals surface area contributed by atoms with E-state index >= 15 is 0 Å². The molecular formula is C20H22FN3O4. The molecule has 28 heavy (non-hydrogen) atoms. The second kappa shape index (κ2) is 8.60. The number of urea groups is 1. The fourth-order valence-corrected chi connectivity index (χ4v) is 3.12. The molecular weight excluding hydrogens is 365 g/mol. The highest BCUT2D eigenvalue weighted by atomic mass is 19.1. The molecule has 2 aromatic rings. The van der Waals surface area contributed by atoms with Crippen molar-refractivity contribution in [1.29, 1.82) is 0 Å². The highest BCUT2D eigenvalue weighted by Gasteiger charge is 2.34. The number of anilines is 2. The number of hydrogen-bond donors (Lipinski definition) is 2. The molecule has 0 aliphatic carbocycles. The molecule has 0 bridgehead atoms. The van der Waals surface area contributed by atoms with E-state index in [1.165, 1.54) is 43.4 Å². The summed E-state index contributed by atoms with van der Waals surface area (Å²) in [6.07, 6.45) is 1.28. The molecule has 1 aliphatic rings. The zero-order valence-electron chi connectivity index (χ0n) is 15.7. The van der Waals surface area contributed by atoms with Gasteiger partial charge in [0.15, 0.2) is 0 Å². The number of carbonyl (C=O) groups is 2. The van der Waals surface area contributed by atoms with Crippen LogP contribution in [0.4, 0.5) is 20.6 Å². The maximum Gasteiger partial charge on any atom is 0.322 e. The van der Waals surface area contributed by atoms with Crippen LogP contribution >= 0.6 is 0 Å². The summed E-state index contributed by atoms with van der Waals surface area (Å²) >= 11 is 0. The number of ether oxygens (including phenoxy) is 2. The van der Waals surface area contributed by atoms with Crippen LogP contribution in [0.15, 0.2) is 42.5 Å². The average molecular weight is 387 g/mol. The predicted molar refractivity (Wildman–Crippen MR) is 103 cm³/mol. The van der Waals surface area contributed by atoms with Crippen LogP contribution < -0.4 is 20.1 Å². The number of methoxy groups -OCH3 is 2. The van der Waals surface area contributed by atoms with Gasteiger partial charge in [0.1, 0.15) is 23.4 Å². The minimum Gasteiger partial charge on any atom is -0.497 e. The Morgan fingerprint density at radius 2 is 1.64 bits per heavy atom. The van der Waals surface area contributed by atoms with Crippen molar-refractivity contribution < 1.29 is 23.5 Å². The minimum atomic E-state index is -0.599. The summed E-state index contributed by atoms with van der Waals surface area (Å²) in [5.74, 6) is 0.422. The highest BCUT2D eigenvalue weighted by molar-refractivity contribution is 5.99. The van der Waals surface area contributed by atoms with Gasteiger partial charge in [-0.25, -0.2) is 9.18 Å². The summed E-state index contributed by atoms with van der Waals surface area (Å²) in [5.41, 5.74) is 0.988. The van der Waals surface area contributed by atoms with Crippen molar-refractivity contribution in [2.75, 3.05) is 31.4 Å². The van der Waals surface area contributed by atoms with Crippen LogP contribution in [0.25, 0.3) is 0 Å². The summed E-state index contributed by atoms with van der Waals surface area (Å²) in [6.45, 7) is 0.465. The molecule has 0 radical (unpaired) electrons. The zero-order chi connectivity index (χ0) is 20.1. The summed E-state index contributed by atoms with van der Waals surface area (Å²) < 4.78 is 23.4. The lowest BCUT2D eigenvalue weighted by atomic mass is 10.2. The first kappa shape index (κ1) is 19.5. The van der Waals surface area contributed by atoms with E-state index in [4.69, 9.17) is 9.47 Å². The Hall–Kier alpha value is -3.29. The van der Waals surface area contributed by atoms with Gasteiger partial charge in [-0.2, -0.15) is 0 Å². The van der Waals surface area contributed by atoms with Crippen LogP contribution in [-0.4, -0.2) is 43.6 Å². The van der Waals surface area contributed by atoms with Crippen LogP contribution in [-0.2, 0) is 4.79 Å². The monoisotopic (exact) mass is 387 g/mol. The van der Waals surface area contributed by atoms with Crippen LogP contribution in [0.2, 0.25) is 0 Å². The number of carbonyl (C=O) groups excluding carboxylic acids is 2. The van der Waals surface area contributed by atoms with E-state index in [2.05, 4.69) is 10.6 Å². The van der Waals surface area contributed by atoms with Gasteiger partial charge in [0.05, 0.1) is 14.2 Å². The van der Waals surface area contributed by atoms with E-state index in [1.54, 1.807) is 18.2 Å². The third-order valence-electron chi connectivity index (χ3n) is 4.53. The van der Waals surface area contributed by atoms with E-state index in [0.717, 1.165) is 6.42 Å². The van der Waals surface area contributed by atoms with Gasteiger partial charge in [-0.05, 0) is 37.1 Å². The molecule has 1 atom stereocenters. The Morgan fingerprint density at radius 1 is 1.00 bits per heavy atom. The van der Waals surface area contributed by atoms with Gasteiger partial charge in [-0.15, -0.1) is 0 Å². The second-order valence-electron chi connectivity index (χ2n) is 6.38. The molecule has 148 valence electrons. The van der Waals surface area contributed by atoms with Gasteiger partial charge in [0, 0.05) is 36.1 Å². The summed E-state index contributed by atoms with van der Waals surface area (Å²) in [6, 6.07) is 9.54. The maximum absolute atomic E-state index is 13.0. The molecule has 0 aromatic heterocycles. The van der Waals surface area contributed by atoms with Crippen molar-refractivity contribution in [3.8, 4) is 11.5 Å². The van der Waals surface area contributed by atoms with Crippen molar-refractivity contribution in [3.05, 3.63) is 48.3 Å². The van der Waals surface area contributed by atoms with Gasteiger partial charge < -0.3 is 25.0 Å². The number of halogens is 1. The molecule has 2 N–H and O–H groups in total. The molecule has 7 nitrogen and oxygen atoms in total. The standard InChI is InChI=1S/C20H22FN3O4/c1-27-16-10-15(11-17(12-16)28-2)22-19(25)18-4-3-9-24(18)20(26)23-14-7-5-13(21)6-8-14/h5-8,10-12,18H,3-4,9H2,1-2H3,(H,22,25)(H,23,26)/t18-/m1/s1. The molecule has 3 rings (SSSR count). The third-order valence-corrected chi connectivity index (χ3v) is 4.53. The van der Waals surface area contributed by atoms with Crippen molar-refractivity contribution >= 4 is 23.3 Å². The van der Waals surface area contributed by atoms with Crippen molar-refractivity contribution in [2.24, 2.45) is 0 Å². The number of likely N-dealkylation sites (tertiary alicyclic amines) is 1. The fourth-order valence-electron chi connectivity index (χ4n) is 3.12. The van der Waals surface area contributed by atoms with Crippen molar-refractivity contribution in [2.45, 2.75) is 18.9 Å². The summed E-state index contributed by atoms with van der Waals surface area (Å²) in [7, 11) is 3.05. The van der Waals surface area contributed by atoms with Crippen LogP contribution in [0.5, 0.6) is 11.5 Å². The number of hydrogen-bond acceptors (Lipinski definition) is 4. The molecule has 0 saturated carbocycles. The Labute approximate surface area is 162 Å². The van der Waals surface area contributed by atoms with E-state index in [-0.39, 0.29) is 11.7 Å². The normalized spacial score (nSPS) is 15.8. The molecule has 1 heterocycles. The Kier molecular flexibility index (Phi) is 5.98. The number of benzene rings is 2. The van der Waals surface area contributed by atoms with Crippen LogP contribution in [0, 0.1) is 5.82 Å². The van der Waals surface area contributed by atoms with Crippen LogP contribution in [0.1, 0.15) is 12.8 Å². The lowest BCUT2D eigenvalue weighted by Crippen LogP contribution is -2.45. The molecule has 1 aliphatic heterocycles. The molecule has 1 fully saturated rings. The molecule has 2 aromatic carbocycles. The van der Waals surface area contributed by atoms with Crippen LogP contribution in [0.3, 0.4) is 0 Å². The van der Waals surface area contributed by atoms with E-state index in [0.29, 0.717) is 35.8 Å². The van der Waals surface area contributed by atoms with Gasteiger partial charge in [-0.3, -0.25) is 4.79 Å². The maximum atomic E-state index is 13.0. The molecule has 3 amide bonds. The first-order valence-corrected chi connectivity index (χ1v) is 8.87. The molecule has 0 unspecified atom stereocenters. The van der Waals surface area contributed by atoms with Gasteiger partial charge in [-0.1, -0.05) is 0 Å². The fraction of sp³-hybridized carbons (Fsp3) is 0.300. The van der Waals surface area contributed by atoms with E-state index in [1.807, 2.05) is 0 Å². The first-order valence-electron chi connectivity index (χ1n) is 8.87. The van der Waals surface area contributed by atoms with Crippen molar-refractivity contribution in [1.82, 2.24) is 4.90 Å². The number of amides is 3. The zero-order valence-corrected chi connectivity index (χ0v) is 15.7. The lowest BCUT2D eigenvalue weighted by Gasteiger charge is -2.24. The van der Waals surface area contributed by atoms with Gasteiger partial charge >= 0.3 is 6.03 Å². The Balaban J connectivity index is 1.69. The summed E-state index contributed by atoms with van der Waals surface area (Å²) in [5, 5.41) is 5.52. The third kappa shape index (κ3) is 4.51. The number of nitrogens with zero attached hydrogens (tertiary/aromatic N) is 1. The highest BCUT2D eigenvalue weighted by Crippen LogP contribution is 2.27. The average Bonchev–Trinajstić information content (AvgIpc) is 3.19. The van der Waals surface area contributed by atoms with E-state index < -0.39 is 12.1 Å². The lowest BCUT2D eigenvalue weighted by molar-refractivity contribution is -0.119. The van der Waals surface area contributed by atoms with E-state index in [9.17, 15) is 14.0 Å². The predicted octanol–water partition coefficient (Wildman–Crippen LogP) is 3.48. The Bertz CT molecular complexity index is 835. The van der Waals surface area contributed by atoms with Gasteiger partial charge in [0.2, 0.25) is 5.91 Å². The quantitative estimate of drug-likeness (QED) is 0.823. The topological polar surface area (TPSA) is 79.9 Å². The smallest absolute Gasteiger partial charge is 0.322 e. The number of rotatable bonds is 5. The summed E-state index contributed by atoms with van der Waals surface area (Å²) in [4.78, 5) is 26.8. The molecule has 8 heteroatoms. The largest absolute Gasteiger partial charge is 0.497 e. The second-order valence-corrected chi connectivity index (χ2v) is 6.38. The minimum absolute atomic E-state index is 0.290. The van der Waals surface area contributed by atoms with Crippen molar-refractivity contribution in [3.63, 3.8) is 0 Å².